The summed E-state index contributed by atoms with van der Waals surface area (Å²) in [6, 6.07) is 3.75. The van der Waals surface area contributed by atoms with Crippen molar-refractivity contribution in [3.05, 3.63) is 36.8 Å². The standard InChI is InChI=1S/C10H9N5O.Cu/c1-2-7(16-3-1)4-11-9-8-10(13-5-12-8)15-6-14-9;/h1-3,5-6H,4H2,(H2,11,12,13,14,15);. The number of aromatic amines is 1. The number of rotatable bonds is 3. The van der Waals surface area contributed by atoms with Gasteiger partial charge in [0.1, 0.15) is 17.6 Å². The average molecular weight is 279 g/mol. The molecule has 0 saturated heterocycles. The smallest absolute Gasteiger partial charge is 0.182 e. The fourth-order valence-electron chi connectivity index (χ4n) is 1.48. The van der Waals surface area contributed by atoms with Gasteiger partial charge in [-0.05, 0) is 12.1 Å². The summed E-state index contributed by atoms with van der Waals surface area (Å²) in [4.78, 5) is 15.2. The Morgan fingerprint density at radius 1 is 1.29 bits per heavy atom. The van der Waals surface area contributed by atoms with Crippen molar-refractivity contribution < 1.29 is 21.5 Å². The molecular formula is C10H9CuN5O. The molecule has 3 aromatic heterocycles. The van der Waals surface area contributed by atoms with Crippen LogP contribution in [0.1, 0.15) is 5.76 Å². The number of imidazole rings is 1. The second kappa shape index (κ2) is 4.99. The van der Waals surface area contributed by atoms with Gasteiger partial charge in [0.05, 0.1) is 19.1 Å². The number of anilines is 1. The van der Waals surface area contributed by atoms with Crippen molar-refractivity contribution in [3.63, 3.8) is 0 Å². The number of nitrogens with one attached hydrogen (secondary N) is 2. The number of hydrogen-bond donors (Lipinski definition) is 2. The molecule has 0 aliphatic carbocycles. The van der Waals surface area contributed by atoms with Crippen LogP contribution in [0.4, 0.5) is 5.82 Å². The first kappa shape index (κ1) is 11.6. The third-order valence-electron chi connectivity index (χ3n) is 2.23. The quantitative estimate of drug-likeness (QED) is 0.711. The van der Waals surface area contributed by atoms with E-state index in [1.165, 1.54) is 6.33 Å². The van der Waals surface area contributed by atoms with E-state index in [-0.39, 0.29) is 17.1 Å². The zero-order chi connectivity index (χ0) is 10.8. The van der Waals surface area contributed by atoms with Gasteiger partial charge >= 0.3 is 0 Å². The van der Waals surface area contributed by atoms with Gasteiger partial charge in [0.2, 0.25) is 0 Å². The topological polar surface area (TPSA) is 79.6 Å². The SMILES string of the molecule is [Cu].c1coc(CNc2ncnc3nc[nH]c23)c1. The first-order valence-electron chi connectivity index (χ1n) is 4.84. The van der Waals surface area contributed by atoms with Crippen molar-refractivity contribution in [3.8, 4) is 0 Å². The Hall–Kier alpha value is -1.85. The maximum Gasteiger partial charge on any atom is 0.182 e. The zero-order valence-electron chi connectivity index (χ0n) is 8.65. The largest absolute Gasteiger partial charge is 0.467 e. The minimum atomic E-state index is 0. The first-order valence-corrected chi connectivity index (χ1v) is 4.84. The van der Waals surface area contributed by atoms with Crippen LogP contribution in [0, 0.1) is 0 Å². The van der Waals surface area contributed by atoms with Crippen molar-refractivity contribution in [1.82, 2.24) is 19.9 Å². The molecule has 0 unspecified atom stereocenters. The number of nitrogens with zero attached hydrogens (tertiary/aromatic N) is 3. The molecule has 91 valence electrons. The second-order valence-electron chi connectivity index (χ2n) is 3.26. The van der Waals surface area contributed by atoms with Crippen LogP contribution in [-0.2, 0) is 23.6 Å². The maximum atomic E-state index is 5.22. The van der Waals surface area contributed by atoms with E-state index >= 15 is 0 Å². The molecule has 0 bridgehead atoms. The molecule has 7 heteroatoms. The molecule has 6 nitrogen and oxygen atoms in total. The minimum Gasteiger partial charge on any atom is -0.467 e. The number of fused-ring (bicyclic) bond motifs is 1. The fourth-order valence-corrected chi connectivity index (χ4v) is 1.48. The molecule has 0 fully saturated rings. The van der Waals surface area contributed by atoms with Crippen molar-refractivity contribution in [2.45, 2.75) is 6.54 Å². The molecule has 0 saturated carbocycles. The third-order valence-corrected chi connectivity index (χ3v) is 2.23. The molecule has 2 N–H and O–H groups in total. The van der Waals surface area contributed by atoms with Crippen LogP contribution >= 0.6 is 0 Å². The first-order chi connectivity index (χ1) is 7.93. The monoisotopic (exact) mass is 278 g/mol. The van der Waals surface area contributed by atoms with Gasteiger partial charge in [-0.2, -0.15) is 0 Å². The van der Waals surface area contributed by atoms with Gasteiger partial charge in [0.15, 0.2) is 11.5 Å². The summed E-state index contributed by atoms with van der Waals surface area (Å²) in [5, 5.41) is 3.16. The van der Waals surface area contributed by atoms with Crippen LogP contribution in [-0.4, -0.2) is 19.9 Å². The van der Waals surface area contributed by atoms with Gasteiger partial charge < -0.3 is 14.7 Å². The Kier molecular flexibility index (Phi) is 3.41. The number of aromatic nitrogens is 4. The van der Waals surface area contributed by atoms with Gasteiger partial charge in [-0.3, -0.25) is 0 Å². The number of H-pyrrole nitrogens is 1. The molecule has 0 atom stereocenters. The van der Waals surface area contributed by atoms with Gasteiger partial charge in [-0.15, -0.1) is 0 Å². The van der Waals surface area contributed by atoms with Crippen molar-refractivity contribution in [2.75, 3.05) is 5.32 Å². The van der Waals surface area contributed by atoms with Crippen LogP contribution in [0.2, 0.25) is 0 Å². The summed E-state index contributed by atoms with van der Waals surface area (Å²) in [6.45, 7) is 0.581. The summed E-state index contributed by atoms with van der Waals surface area (Å²) < 4.78 is 5.22. The Bertz CT molecular complexity index is 592. The molecule has 1 radical (unpaired) electrons. The number of furan rings is 1. The maximum absolute atomic E-state index is 5.22. The van der Waals surface area contributed by atoms with E-state index in [9.17, 15) is 0 Å². The third kappa shape index (κ3) is 2.30. The van der Waals surface area contributed by atoms with Crippen molar-refractivity contribution >= 4 is 17.0 Å². The van der Waals surface area contributed by atoms with Crippen LogP contribution in [0.3, 0.4) is 0 Å². The second-order valence-corrected chi connectivity index (χ2v) is 3.26. The molecule has 0 aromatic carbocycles. The van der Waals surface area contributed by atoms with Crippen LogP contribution in [0.25, 0.3) is 11.2 Å². The average Bonchev–Trinajstić information content (AvgIpc) is 2.97. The fraction of sp³-hybridized carbons (Fsp3) is 0.100. The minimum absolute atomic E-state index is 0. The van der Waals surface area contributed by atoms with Gasteiger partial charge in [-0.1, -0.05) is 0 Å². The van der Waals surface area contributed by atoms with Crippen LogP contribution < -0.4 is 5.32 Å². The summed E-state index contributed by atoms with van der Waals surface area (Å²) in [5.41, 5.74) is 1.45. The van der Waals surface area contributed by atoms with Crippen LogP contribution in [0.5, 0.6) is 0 Å². The van der Waals surface area contributed by atoms with Crippen molar-refractivity contribution in [1.29, 1.82) is 0 Å². The van der Waals surface area contributed by atoms with Gasteiger partial charge in [0, 0.05) is 17.1 Å². The molecule has 3 aromatic rings. The molecule has 0 amide bonds. The van der Waals surface area contributed by atoms with E-state index in [0.29, 0.717) is 12.2 Å². The Morgan fingerprint density at radius 2 is 2.24 bits per heavy atom. The summed E-state index contributed by atoms with van der Waals surface area (Å²) in [6.07, 6.45) is 4.72. The van der Waals surface area contributed by atoms with E-state index < -0.39 is 0 Å². The molecule has 0 aliphatic heterocycles. The predicted octanol–water partition coefficient (Wildman–Crippen LogP) is 1.56. The Morgan fingerprint density at radius 3 is 3.06 bits per heavy atom. The number of hydrogen-bond acceptors (Lipinski definition) is 5. The summed E-state index contributed by atoms with van der Waals surface area (Å²) >= 11 is 0. The molecular weight excluding hydrogens is 270 g/mol. The molecule has 0 spiro atoms. The molecule has 3 heterocycles. The van der Waals surface area contributed by atoms with Gasteiger partial charge in [0.25, 0.3) is 0 Å². The van der Waals surface area contributed by atoms with E-state index in [1.54, 1.807) is 12.6 Å². The summed E-state index contributed by atoms with van der Waals surface area (Å²) in [5.74, 6) is 1.57. The Balaban J connectivity index is 0.00000108. The summed E-state index contributed by atoms with van der Waals surface area (Å²) in [7, 11) is 0. The molecule has 3 rings (SSSR count). The van der Waals surface area contributed by atoms with Gasteiger partial charge in [-0.25, -0.2) is 15.0 Å². The molecule has 17 heavy (non-hydrogen) atoms. The van der Waals surface area contributed by atoms with E-state index in [1.807, 2.05) is 12.1 Å². The zero-order valence-corrected chi connectivity index (χ0v) is 9.59. The Labute approximate surface area is 107 Å². The normalized spacial score (nSPS) is 10.1. The van der Waals surface area contributed by atoms with Crippen molar-refractivity contribution in [2.24, 2.45) is 0 Å². The van der Waals surface area contributed by atoms with E-state index in [4.69, 9.17) is 4.42 Å². The van der Waals surface area contributed by atoms with Crippen LogP contribution in [0.15, 0.2) is 35.5 Å². The molecule has 0 aliphatic rings. The van der Waals surface area contributed by atoms with E-state index in [0.717, 1.165) is 17.1 Å². The predicted molar refractivity (Wildman–Crippen MR) is 57.7 cm³/mol. The van der Waals surface area contributed by atoms with E-state index in [2.05, 4.69) is 25.3 Å².